The minimum Gasteiger partial charge on any atom is -0.624 e. The molecule has 1 heterocycles. The van der Waals surface area contributed by atoms with Gasteiger partial charge in [0.25, 0.3) is 0 Å². The van der Waals surface area contributed by atoms with Gasteiger partial charge in [0.2, 0.25) is 0 Å². The number of hydroxylamine groups is 1. The van der Waals surface area contributed by atoms with Gasteiger partial charge in [-0.05, 0) is 6.07 Å². The molecule has 2 rings (SSSR count). The topological polar surface area (TPSA) is 27.5 Å². The van der Waals surface area contributed by atoms with Gasteiger partial charge in [0.05, 0.1) is 0 Å². The zero-order chi connectivity index (χ0) is 6.97. The second kappa shape index (κ2) is 3.05. The van der Waals surface area contributed by atoms with E-state index in [0.717, 1.165) is 11.3 Å². The molecule has 0 aromatic heterocycles. The van der Waals surface area contributed by atoms with E-state index >= 15 is 0 Å². The van der Waals surface area contributed by atoms with E-state index in [1.807, 2.05) is 30.3 Å². The van der Waals surface area contributed by atoms with Gasteiger partial charge in [-0.2, -0.15) is 0 Å². The van der Waals surface area contributed by atoms with Crippen molar-refractivity contribution in [1.82, 2.24) is 0 Å². The fourth-order valence-electron chi connectivity index (χ4n) is 1.12. The van der Waals surface area contributed by atoms with Gasteiger partial charge in [-0.1, -0.05) is 12.1 Å². The molecule has 11 heavy (non-hydrogen) atoms. The molecule has 0 spiro atoms. The zero-order valence-corrected chi connectivity index (χ0v) is 6.60. The highest BCUT2D eigenvalue weighted by atomic mass is 35.5. The van der Waals surface area contributed by atoms with Gasteiger partial charge < -0.3 is 10.3 Å². The Balaban J connectivity index is 0.000000605. The Hall–Kier alpha value is -0.830. The van der Waals surface area contributed by atoms with Crippen LogP contribution < -0.4 is 5.06 Å². The van der Waals surface area contributed by atoms with Gasteiger partial charge in [-0.15, -0.1) is 12.4 Å². The van der Waals surface area contributed by atoms with E-state index in [1.165, 1.54) is 0 Å². The van der Waals surface area contributed by atoms with E-state index in [2.05, 4.69) is 0 Å². The van der Waals surface area contributed by atoms with E-state index in [4.69, 9.17) is 0 Å². The number of benzene rings is 1. The summed E-state index contributed by atoms with van der Waals surface area (Å²) in [6, 6.07) is 7.60. The number of quaternary nitrogens is 1. The summed E-state index contributed by atoms with van der Waals surface area (Å²) in [6.07, 6.45) is 3.45. The standard InChI is InChI=1S/C8H7NO.ClH/c10-9-6-5-7-3-1-2-4-8(7)9;/h1-6,9H;1H. The van der Waals surface area contributed by atoms with Crippen molar-refractivity contribution < 1.29 is 5.06 Å². The molecule has 58 valence electrons. The molecule has 1 N–H and O–H groups in total. The SMILES string of the molecule is Cl.[O-][NH+]1C=Cc2ccccc21. The molecule has 1 aliphatic heterocycles. The third kappa shape index (κ3) is 1.28. The van der Waals surface area contributed by atoms with Crippen LogP contribution in [0.5, 0.6) is 0 Å². The Kier molecular flexibility index (Phi) is 2.29. The van der Waals surface area contributed by atoms with Crippen molar-refractivity contribution in [3.8, 4) is 0 Å². The highest BCUT2D eigenvalue weighted by molar-refractivity contribution is 5.85. The number of hydrogen-bond donors (Lipinski definition) is 1. The first-order valence-electron chi connectivity index (χ1n) is 3.19. The van der Waals surface area contributed by atoms with E-state index in [0.29, 0.717) is 0 Å². The summed E-state index contributed by atoms with van der Waals surface area (Å²) in [7, 11) is 0. The normalized spacial score (nSPS) is 19.2. The third-order valence-electron chi connectivity index (χ3n) is 1.64. The van der Waals surface area contributed by atoms with Crippen molar-refractivity contribution in [3.63, 3.8) is 0 Å². The van der Waals surface area contributed by atoms with Gasteiger partial charge in [-0.25, -0.2) is 0 Å². The van der Waals surface area contributed by atoms with E-state index in [9.17, 15) is 5.21 Å². The maximum Gasteiger partial charge on any atom is 0.143 e. The summed E-state index contributed by atoms with van der Waals surface area (Å²) < 4.78 is 0. The quantitative estimate of drug-likeness (QED) is 0.579. The maximum atomic E-state index is 11.0. The monoisotopic (exact) mass is 169 g/mol. The summed E-state index contributed by atoms with van der Waals surface area (Å²) in [6.45, 7) is 0. The predicted octanol–water partition coefficient (Wildman–Crippen LogP) is 1.11. The van der Waals surface area contributed by atoms with Crippen molar-refractivity contribution in [1.29, 1.82) is 0 Å². The lowest BCUT2D eigenvalue weighted by molar-refractivity contribution is -0.710. The van der Waals surface area contributed by atoms with Crippen LogP contribution in [0.4, 0.5) is 5.69 Å². The molecule has 3 heteroatoms. The Morgan fingerprint density at radius 1 is 1.18 bits per heavy atom. The highest BCUT2D eigenvalue weighted by Crippen LogP contribution is 2.15. The molecule has 1 atom stereocenters. The Labute approximate surface area is 71.1 Å². The number of halogens is 1. The molecular formula is C8H8ClNO. The van der Waals surface area contributed by atoms with E-state index < -0.39 is 0 Å². The van der Waals surface area contributed by atoms with Crippen LogP contribution in [-0.4, -0.2) is 0 Å². The lowest BCUT2D eigenvalue weighted by Gasteiger charge is -2.12. The minimum absolute atomic E-state index is 0. The van der Waals surface area contributed by atoms with Crippen molar-refractivity contribution >= 4 is 24.2 Å². The summed E-state index contributed by atoms with van der Waals surface area (Å²) in [5, 5.41) is 11.1. The molecule has 1 unspecified atom stereocenters. The van der Waals surface area contributed by atoms with Crippen LogP contribution in [-0.2, 0) is 0 Å². The number of fused-ring (bicyclic) bond motifs is 1. The van der Waals surface area contributed by atoms with Gasteiger partial charge >= 0.3 is 0 Å². The van der Waals surface area contributed by atoms with E-state index in [-0.39, 0.29) is 17.5 Å². The molecule has 0 radical (unpaired) electrons. The van der Waals surface area contributed by atoms with Crippen molar-refractivity contribution in [2.45, 2.75) is 0 Å². The highest BCUT2D eigenvalue weighted by Gasteiger charge is 2.09. The minimum atomic E-state index is 0. The second-order valence-electron chi connectivity index (χ2n) is 2.28. The van der Waals surface area contributed by atoms with Gasteiger partial charge in [0.15, 0.2) is 0 Å². The molecule has 0 fully saturated rings. The van der Waals surface area contributed by atoms with Crippen molar-refractivity contribution in [3.05, 3.63) is 41.2 Å². The number of rotatable bonds is 0. The Morgan fingerprint density at radius 3 is 2.64 bits per heavy atom. The summed E-state index contributed by atoms with van der Waals surface area (Å²) in [5.41, 5.74) is 1.86. The fourth-order valence-corrected chi connectivity index (χ4v) is 1.12. The van der Waals surface area contributed by atoms with Crippen LogP contribution in [0, 0.1) is 5.21 Å². The average molecular weight is 170 g/mol. The van der Waals surface area contributed by atoms with Crippen molar-refractivity contribution in [2.75, 3.05) is 0 Å². The van der Waals surface area contributed by atoms with Gasteiger partial charge in [0, 0.05) is 17.7 Å². The lowest BCUT2D eigenvalue weighted by atomic mass is 10.2. The van der Waals surface area contributed by atoms with Crippen LogP contribution >= 0.6 is 12.4 Å². The number of hydrogen-bond acceptors (Lipinski definition) is 1. The molecule has 2 nitrogen and oxygen atoms in total. The second-order valence-corrected chi connectivity index (χ2v) is 2.28. The van der Waals surface area contributed by atoms with Crippen LogP contribution in [0.25, 0.3) is 6.08 Å². The van der Waals surface area contributed by atoms with Crippen LogP contribution in [0.15, 0.2) is 30.5 Å². The van der Waals surface area contributed by atoms with Crippen LogP contribution in [0.3, 0.4) is 0 Å². The fraction of sp³-hybridized carbons (Fsp3) is 0. The van der Waals surface area contributed by atoms with Gasteiger partial charge in [0.1, 0.15) is 11.9 Å². The summed E-state index contributed by atoms with van der Waals surface area (Å²) in [4.78, 5) is 0. The van der Waals surface area contributed by atoms with E-state index in [1.54, 1.807) is 6.20 Å². The Morgan fingerprint density at radius 2 is 1.91 bits per heavy atom. The zero-order valence-electron chi connectivity index (χ0n) is 5.78. The molecular weight excluding hydrogens is 162 g/mol. The van der Waals surface area contributed by atoms with Crippen LogP contribution in [0.1, 0.15) is 5.56 Å². The molecule has 0 aliphatic carbocycles. The smallest absolute Gasteiger partial charge is 0.143 e. The molecule has 1 aromatic rings. The maximum absolute atomic E-state index is 11.0. The lowest BCUT2D eigenvalue weighted by Crippen LogP contribution is -2.95. The summed E-state index contributed by atoms with van der Waals surface area (Å²) in [5.74, 6) is 0. The first-order chi connectivity index (χ1) is 4.88. The average Bonchev–Trinajstić information content (AvgIpc) is 2.34. The number of para-hydroxylation sites is 1. The third-order valence-corrected chi connectivity index (χ3v) is 1.64. The molecule has 0 amide bonds. The molecule has 1 aliphatic rings. The molecule has 1 aromatic carbocycles. The molecule has 0 bridgehead atoms. The molecule has 0 saturated heterocycles. The van der Waals surface area contributed by atoms with Crippen molar-refractivity contribution in [2.24, 2.45) is 0 Å². The molecule has 0 saturated carbocycles. The summed E-state index contributed by atoms with van der Waals surface area (Å²) >= 11 is 0. The van der Waals surface area contributed by atoms with Crippen LogP contribution in [0.2, 0.25) is 0 Å². The van der Waals surface area contributed by atoms with Gasteiger partial charge in [-0.3, -0.25) is 0 Å². The number of nitrogens with one attached hydrogen (secondary N) is 1. The predicted molar refractivity (Wildman–Crippen MR) is 46.7 cm³/mol. The first-order valence-corrected chi connectivity index (χ1v) is 3.19. The largest absolute Gasteiger partial charge is 0.624 e. The first kappa shape index (κ1) is 8.27. The Bertz CT molecular complexity index is 285.